The van der Waals surface area contributed by atoms with Crippen molar-refractivity contribution >= 4 is 34.7 Å². The second-order valence-electron chi connectivity index (χ2n) is 5.13. The molecule has 1 heterocycles. The second kappa shape index (κ2) is 8.55. The molecular formula is C18H16N4OS2. The molecule has 3 rings (SSSR count). The Bertz CT molecular complexity index is 795. The van der Waals surface area contributed by atoms with Gasteiger partial charge in [-0.1, -0.05) is 83.8 Å². The molecule has 0 fully saturated rings. The summed E-state index contributed by atoms with van der Waals surface area (Å²) in [6, 6.07) is 19.6. The van der Waals surface area contributed by atoms with E-state index in [0.29, 0.717) is 0 Å². The number of aromatic nitrogens is 2. The first-order chi connectivity index (χ1) is 12.2. The maximum atomic E-state index is 12.4. The first-order valence-electron chi connectivity index (χ1n) is 7.65. The zero-order valence-electron chi connectivity index (χ0n) is 13.5. The van der Waals surface area contributed by atoms with Crippen molar-refractivity contribution < 1.29 is 4.79 Å². The lowest BCUT2D eigenvalue weighted by atomic mass is 10.0. The highest BCUT2D eigenvalue weighted by molar-refractivity contribution is 8.02. The minimum absolute atomic E-state index is 0.176. The fourth-order valence-electron chi connectivity index (χ4n) is 2.11. The molecule has 7 heteroatoms. The lowest BCUT2D eigenvalue weighted by Crippen LogP contribution is -2.28. The Balaban J connectivity index is 1.78. The lowest BCUT2D eigenvalue weighted by Gasteiger charge is -2.10. The molecule has 0 aliphatic carbocycles. The van der Waals surface area contributed by atoms with Crippen molar-refractivity contribution in [3.05, 3.63) is 77.3 Å². The summed E-state index contributed by atoms with van der Waals surface area (Å²) in [4.78, 5) is 12.4. The third-order valence-electron chi connectivity index (χ3n) is 3.36. The van der Waals surface area contributed by atoms with Crippen molar-refractivity contribution in [2.45, 2.75) is 16.5 Å². The Morgan fingerprint density at radius 3 is 2.20 bits per heavy atom. The standard InChI is InChI=1S/C18H16N4OS2/c1-13(25-18-22-19-12-24-18)17(23)21-20-16(14-8-4-2-5-9-14)15-10-6-3-7-11-15/h2-13H,1H3,(H,21,23)/t13-/m1/s1. The fraction of sp³-hybridized carbons (Fsp3) is 0.111. The predicted molar refractivity (Wildman–Crippen MR) is 102 cm³/mol. The van der Waals surface area contributed by atoms with Crippen molar-refractivity contribution in [1.29, 1.82) is 0 Å². The highest BCUT2D eigenvalue weighted by Crippen LogP contribution is 2.24. The van der Waals surface area contributed by atoms with Gasteiger partial charge in [0.25, 0.3) is 5.91 Å². The van der Waals surface area contributed by atoms with Gasteiger partial charge in [-0.15, -0.1) is 10.2 Å². The maximum Gasteiger partial charge on any atom is 0.253 e. The predicted octanol–water partition coefficient (Wildman–Crippen LogP) is 3.59. The quantitative estimate of drug-likeness (QED) is 0.410. The third kappa shape index (κ3) is 4.74. The van der Waals surface area contributed by atoms with Crippen LogP contribution >= 0.6 is 23.1 Å². The van der Waals surface area contributed by atoms with Gasteiger partial charge in [-0.05, 0) is 6.92 Å². The van der Waals surface area contributed by atoms with E-state index in [1.54, 1.807) is 5.51 Å². The van der Waals surface area contributed by atoms with E-state index in [1.807, 2.05) is 67.6 Å². The molecule has 1 amide bonds. The van der Waals surface area contributed by atoms with E-state index in [4.69, 9.17) is 0 Å². The number of hydrazone groups is 1. The van der Waals surface area contributed by atoms with Gasteiger partial charge in [-0.2, -0.15) is 5.10 Å². The van der Waals surface area contributed by atoms with Gasteiger partial charge < -0.3 is 0 Å². The topological polar surface area (TPSA) is 67.2 Å². The number of hydrogen-bond acceptors (Lipinski definition) is 6. The number of amides is 1. The molecule has 3 aromatic rings. The molecule has 0 spiro atoms. The van der Waals surface area contributed by atoms with Gasteiger partial charge in [0.2, 0.25) is 0 Å². The molecule has 0 aliphatic rings. The molecule has 1 atom stereocenters. The van der Waals surface area contributed by atoms with Crippen LogP contribution in [0.3, 0.4) is 0 Å². The summed E-state index contributed by atoms with van der Waals surface area (Å²) in [6.45, 7) is 1.82. The SMILES string of the molecule is C[C@@H](Sc1nncs1)C(=O)NN=C(c1ccccc1)c1ccccc1. The van der Waals surface area contributed by atoms with E-state index in [9.17, 15) is 4.79 Å². The Labute approximate surface area is 154 Å². The zero-order chi connectivity index (χ0) is 17.5. The number of carbonyl (C=O) groups excluding carboxylic acids is 1. The average molecular weight is 368 g/mol. The van der Waals surface area contributed by atoms with Gasteiger partial charge in [0.1, 0.15) is 5.51 Å². The van der Waals surface area contributed by atoms with Crippen LogP contribution in [0.1, 0.15) is 18.1 Å². The highest BCUT2D eigenvalue weighted by atomic mass is 32.2. The van der Waals surface area contributed by atoms with Gasteiger partial charge in [0.15, 0.2) is 4.34 Å². The van der Waals surface area contributed by atoms with Crippen molar-refractivity contribution in [2.24, 2.45) is 5.10 Å². The average Bonchev–Trinajstić information content (AvgIpc) is 3.16. The summed E-state index contributed by atoms with van der Waals surface area (Å²) in [6.07, 6.45) is 0. The van der Waals surface area contributed by atoms with Crippen LogP contribution in [0.25, 0.3) is 0 Å². The summed E-state index contributed by atoms with van der Waals surface area (Å²) >= 11 is 2.78. The number of benzene rings is 2. The van der Waals surface area contributed by atoms with Crippen molar-refractivity contribution in [1.82, 2.24) is 15.6 Å². The fourth-order valence-corrected chi connectivity index (χ4v) is 3.73. The summed E-state index contributed by atoms with van der Waals surface area (Å²) in [5, 5.41) is 11.8. The number of nitrogens with one attached hydrogen (secondary N) is 1. The van der Waals surface area contributed by atoms with Gasteiger partial charge in [0, 0.05) is 11.1 Å². The van der Waals surface area contributed by atoms with Crippen LogP contribution in [-0.4, -0.2) is 27.1 Å². The van der Waals surface area contributed by atoms with E-state index < -0.39 is 0 Å². The minimum atomic E-state index is -0.315. The Kier molecular flexibility index (Phi) is 5.92. The second-order valence-corrected chi connectivity index (χ2v) is 7.55. The number of carbonyl (C=O) groups is 1. The molecule has 0 aliphatic heterocycles. The first kappa shape index (κ1) is 17.3. The molecule has 0 unspecified atom stereocenters. The first-order valence-corrected chi connectivity index (χ1v) is 9.41. The summed E-state index contributed by atoms with van der Waals surface area (Å²) < 4.78 is 0.762. The van der Waals surface area contributed by atoms with Gasteiger partial charge >= 0.3 is 0 Å². The molecular weight excluding hydrogens is 352 g/mol. The third-order valence-corrected chi connectivity index (χ3v) is 5.27. The van der Waals surface area contributed by atoms with Crippen LogP contribution in [0.2, 0.25) is 0 Å². The Morgan fingerprint density at radius 1 is 1.08 bits per heavy atom. The molecule has 126 valence electrons. The van der Waals surface area contributed by atoms with Crippen LogP contribution in [0, 0.1) is 0 Å². The molecule has 0 saturated carbocycles. The molecule has 5 nitrogen and oxygen atoms in total. The van der Waals surface area contributed by atoms with Gasteiger partial charge in [0.05, 0.1) is 11.0 Å². The van der Waals surface area contributed by atoms with Gasteiger partial charge in [-0.25, -0.2) is 5.43 Å². The molecule has 1 N–H and O–H groups in total. The smallest absolute Gasteiger partial charge is 0.253 e. The maximum absolute atomic E-state index is 12.4. The Morgan fingerprint density at radius 2 is 1.68 bits per heavy atom. The molecule has 2 aromatic carbocycles. The number of rotatable bonds is 6. The Hall–Kier alpha value is -2.51. The highest BCUT2D eigenvalue weighted by Gasteiger charge is 2.16. The van der Waals surface area contributed by atoms with E-state index in [2.05, 4.69) is 20.7 Å². The molecule has 0 bridgehead atoms. The summed E-state index contributed by atoms with van der Waals surface area (Å²) in [5.74, 6) is -0.176. The van der Waals surface area contributed by atoms with Crippen LogP contribution in [0.4, 0.5) is 0 Å². The van der Waals surface area contributed by atoms with Crippen LogP contribution in [-0.2, 0) is 4.79 Å². The number of nitrogens with zero attached hydrogens (tertiary/aromatic N) is 3. The van der Waals surface area contributed by atoms with Gasteiger partial charge in [-0.3, -0.25) is 4.79 Å². The normalized spacial score (nSPS) is 11.6. The minimum Gasteiger partial charge on any atom is -0.272 e. The van der Waals surface area contributed by atoms with Crippen molar-refractivity contribution in [3.63, 3.8) is 0 Å². The van der Waals surface area contributed by atoms with E-state index in [0.717, 1.165) is 21.2 Å². The van der Waals surface area contributed by atoms with E-state index >= 15 is 0 Å². The van der Waals surface area contributed by atoms with Crippen molar-refractivity contribution in [3.8, 4) is 0 Å². The summed E-state index contributed by atoms with van der Waals surface area (Å²) in [7, 11) is 0. The molecule has 0 radical (unpaired) electrons. The molecule has 1 aromatic heterocycles. The number of thioether (sulfide) groups is 1. The lowest BCUT2D eigenvalue weighted by molar-refractivity contribution is -0.120. The van der Waals surface area contributed by atoms with E-state index in [1.165, 1.54) is 23.1 Å². The van der Waals surface area contributed by atoms with Crippen LogP contribution < -0.4 is 5.43 Å². The zero-order valence-corrected chi connectivity index (χ0v) is 15.1. The molecule has 25 heavy (non-hydrogen) atoms. The summed E-state index contributed by atoms with van der Waals surface area (Å²) in [5.41, 5.74) is 6.93. The van der Waals surface area contributed by atoms with E-state index in [-0.39, 0.29) is 11.2 Å². The number of hydrogen-bond donors (Lipinski definition) is 1. The monoisotopic (exact) mass is 368 g/mol. The molecule has 0 saturated heterocycles. The largest absolute Gasteiger partial charge is 0.272 e. The van der Waals surface area contributed by atoms with Crippen molar-refractivity contribution in [2.75, 3.05) is 0 Å². The van der Waals surface area contributed by atoms with Crippen LogP contribution in [0.5, 0.6) is 0 Å². The van der Waals surface area contributed by atoms with Crippen LogP contribution in [0.15, 0.2) is 75.6 Å².